The van der Waals surface area contributed by atoms with Crippen LogP contribution in [0.2, 0.25) is 5.02 Å². The number of amides is 1. The second kappa shape index (κ2) is 11.7. The quantitative estimate of drug-likeness (QED) is 0.232. The number of nitrogens with zero attached hydrogens (tertiary/aromatic N) is 6. The fraction of sp³-hybridized carbons (Fsp3) is 0.281. The van der Waals surface area contributed by atoms with E-state index in [1.165, 1.54) is 22.8 Å². The van der Waals surface area contributed by atoms with Crippen LogP contribution in [0, 0.1) is 29.9 Å². The lowest BCUT2D eigenvalue weighted by molar-refractivity contribution is -0.126. The molecule has 1 aromatic carbocycles. The summed E-state index contributed by atoms with van der Waals surface area (Å²) in [5.74, 6) is -2.28. The molecule has 5 rings (SSSR count). The molecule has 2 N–H and O–H groups in total. The zero-order chi connectivity index (χ0) is 32.0. The van der Waals surface area contributed by atoms with Crippen LogP contribution in [0.5, 0.6) is 0 Å². The highest BCUT2D eigenvalue weighted by atomic mass is 35.5. The summed E-state index contributed by atoms with van der Waals surface area (Å²) < 4.78 is 32.7. The Morgan fingerprint density at radius 2 is 1.98 bits per heavy atom. The summed E-state index contributed by atoms with van der Waals surface area (Å²) >= 11 is 6.04. The summed E-state index contributed by atoms with van der Waals surface area (Å²) in [7, 11) is 0. The van der Waals surface area contributed by atoms with Gasteiger partial charge in [0, 0.05) is 42.9 Å². The number of carbonyl (C=O) groups excluding carboxylic acids is 1. The van der Waals surface area contributed by atoms with Crippen LogP contribution in [0.25, 0.3) is 28.0 Å². The third-order valence-electron chi connectivity index (χ3n) is 7.88. The first-order valence-corrected chi connectivity index (χ1v) is 14.4. The largest absolute Gasteiger partial charge is 0.398 e. The van der Waals surface area contributed by atoms with Crippen LogP contribution in [0.3, 0.4) is 0 Å². The molecule has 1 aliphatic rings. The van der Waals surface area contributed by atoms with Gasteiger partial charge in [0.05, 0.1) is 27.7 Å². The molecule has 4 heterocycles. The molecule has 1 aliphatic heterocycles. The van der Waals surface area contributed by atoms with Crippen molar-refractivity contribution in [2.75, 3.05) is 30.3 Å². The van der Waals surface area contributed by atoms with E-state index in [9.17, 15) is 14.9 Å². The second-order valence-corrected chi connectivity index (χ2v) is 11.4. The second-order valence-electron chi connectivity index (χ2n) is 11.0. The minimum Gasteiger partial charge on any atom is -0.398 e. The third-order valence-corrected chi connectivity index (χ3v) is 8.17. The number of rotatable bonds is 5. The highest BCUT2D eigenvalue weighted by Crippen LogP contribution is 2.39. The van der Waals surface area contributed by atoms with E-state index in [0.717, 1.165) is 6.07 Å². The number of aromatic nitrogens is 3. The molecule has 4 aromatic rings. The standard InChI is InChI=1S/C32H30ClF2N7O2/c1-6-24(43)40-11-12-41(18(5)15-40)30-19-13-22(34)28(25-23(37)8-7-21(33)26(25)35)39-31(19)42(32(44)20(30)14-36)29-17(4)9-10-38-27(29)16(2)3/h6-10,13,16,18H,1,11-12,15,37H2,2-5H3/t18-/m0/s1. The van der Waals surface area contributed by atoms with Gasteiger partial charge in [0.25, 0.3) is 5.56 Å². The molecule has 44 heavy (non-hydrogen) atoms. The van der Waals surface area contributed by atoms with Crippen molar-refractivity contribution in [1.29, 1.82) is 5.26 Å². The van der Waals surface area contributed by atoms with Crippen molar-refractivity contribution in [3.63, 3.8) is 0 Å². The number of anilines is 2. The maximum atomic E-state index is 16.1. The normalized spacial score (nSPS) is 15.1. The van der Waals surface area contributed by atoms with Gasteiger partial charge in [-0.05, 0) is 55.7 Å². The smallest absolute Gasteiger partial charge is 0.276 e. The Kier molecular flexibility index (Phi) is 8.14. The summed E-state index contributed by atoms with van der Waals surface area (Å²) in [6.07, 6.45) is 2.84. The van der Waals surface area contributed by atoms with Crippen LogP contribution >= 0.6 is 11.6 Å². The number of pyridine rings is 3. The highest BCUT2D eigenvalue weighted by molar-refractivity contribution is 6.31. The fourth-order valence-electron chi connectivity index (χ4n) is 5.76. The first kappa shape index (κ1) is 30.6. The highest BCUT2D eigenvalue weighted by Gasteiger charge is 2.33. The molecular formula is C32H30ClF2N7O2. The number of hydrogen-bond donors (Lipinski definition) is 1. The Labute approximate surface area is 257 Å². The van der Waals surface area contributed by atoms with Crippen molar-refractivity contribution < 1.29 is 13.6 Å². The number of nitrogens with two attached hydrogens (primary N) is 1. The van der Waals surface area contributed by atoms with E-state index < -0.39 is 22.9 Å². The van der Waals surface area contributed by atoms with Crippen LogP contribution in [0.4, 0.5) is 20.2 Å². The van der Waals surface area contributed by atoms with Gasteiger partial charge in [-0.2, -0.15) is 5.26 Å². The molecule has 1 saturated heterocycles. The monoisotopic (exact) mass is 617 g/mol. The van der Waals surface area contributed by atoms with E-state index in [1.807, 2.05) is 26.8 Å². The summed E-state index contributed by atoms with van der Waals surface area (Å²) in [4.78, 5) is 39.2. The van der Waals surface area contributed by atoms with E-state index >= 15 is 8.78 Å². The maximum Gasteiger partial charge on any atom is 0.276 e. The zero-order valence-electron chi connectivity index (χ0n) is 24.7. The lowest BCUT2D eigenvalue weighted by atomic mass is 10.0. The van der Waals surface area contributed by atoms with Crippen LogP contribution in [0.15, 0.2) is 47.9 Å². The Morgan fingerprint density at radius 1 is 1.25 bits per heavy atom. The number of nitriles is 1. The number of carbonyl (C=O) groups is 1. The van der Waals surface area contributed by atoms with Gasteiger partial charge < -0.3 is 15.5 Å². The van der Waals surface area contributed by atoms with Gasteiger partial charge in [0.1, 0.15) is 17.3 Å². The average Bonchev–Trinajstić information content (AvgIpc) is 2.99. The summed E-state index contributed by atoms with van der Waals surface area (Å²) in [5.41, 5.74) is 6.02. The van der Waals surface area contributed by atoms with Crippen molar-refractivity contribution >= 4 is 39.9 Å². The number of benzene rings is 1. The molecule has 0 radical (unpaired) electrons. The minimum atomic E-state index is -0.961. The number of halogens is 3. The lowest BCUT2D eigenvalue weighted by Gasteiger charge is -2.41. The van der Waals surface area contributed by atoms with Gasteiger partial charge in [-0.3, -0.25) is 19.1 Å². The first-order valence-electron chi connectivity index (χ1n) is 14.0. The predicted molar refractivity (Wildman–Crippen MR) is 167 cm³/mol. The molecule has 0 spiro atoms. The van der Waals surface area contributed by atoms with E-state index in [4.69, 9.17) is 17.3 Å². The van der Waals surface area contributed by atoms with Gasteiger partial charge in [-0.1, -0.05) is 32.0 Å². The molecule has 0 saturated carbocycles. The van der Waals surface area contributed by atoms with Crippen molar-refractivity contribution in [2.45, 2.75) is 39.7 Å². The Balaban J connectivity index is 1.93. The number of nitrogen functional groups attached to an aromatic ring is 1. The molecule has 1 amide bonds. The number of piperazine rings is 1. The van der Waals surface area contributed by atoms with Crippen molar-refractivity contribution in [3.8, 4) is 23.0 Å². The van der Waals surface area contributed by atoms with Gasteiger partial charge in [-0.15, -0.1) is 0 Å². The van der Waals surface area contributed by atoms with Gasteiger partial charge in [0.2, 0.25) is 5.91 Å². The SMILES string of the molecule is C=CC(=O)N1CCN(c2c(C#N)c(=O)n(-c3c(C)ccnc3C(C)C)c3nc(-c4c(N)ccc(Cl)c4F)c(F)cc23)[C@@H](C)C1. The van der Waals surface area contributed by atoms with E-state index in [-0.39, 0.29) is 76.1 Å². The van der Waals surface area contributed by atoms with Crippen LogP contribution in [0.1, 0.15) is 43.5 Å². The molecule has 0 unspecified atom stereocenters. The topological polar surface area (TPSA) is 121 Å². The van der Waals surface area contributed by atoms with E-state index in [0.29, 0.717) is 16.9 Å². The van der Waals surface area contributed by atoms with E-state index in [2.05, 4.69) is 16.5 Å². The predicted octanol–water partition coefficient (Wildman–Crippen LogP) is 5.49. The summed E-state index contributed by atoms with van der Waals surface area (Å²) in [5, 5.41) is 10.3. The molecule has 0 aliphatic carbocycles. The summed E-state index contributed by atoms with van der Waals surface area (Å²) in [6, 6.07) is 7.14. The molecule has 1 fully saturated rings. The Bertz CT molecular complexity index is 1950. The zero-order valence-corrected chi connectivity index (χ0v) is 25.4. The van der Waals surface area contributed by atoms with E-state index in [1.54, 1.807) is 29.0 Å². The molecule has 12 heteroatoms. The van der Waals surface area contributed by atoms with Crippen molar-refractivity contribution in [2.24, 2.45) is 0 Å². The molecular weight excluding hydrogens is 588 g/mol. The van der Waals surface area contributed by atoms with Crippen LogP contribution in [-0.4, -0.2) is 51.0 Å². The van der Waals surface area contributed by atoms with Crippen LogP contribution < -0.4 is 16.2 Å². The summed E-state index contributed by atoms with van der Waals surface area (Å²) in [6.45, 7) is 11.8. The Hall–Kier alpha value is -4.82. The lowest BCUT2D eigenvalue weighted by Crippen LogP contribution is -2.54. The van der Waals surface area contributed by atoms with Gasteiger partial charge in [0.15, 0.2) is 17.3 Å². The Morgan fingerprint density at radius 3 is 2.61 bits per heavy atom. The number of aryl methyl sites for hydroxylation is 1. The molecule has 226 valence electrons. The fourth-order valence-corrected chi connectivity index (χ4v) is 5.92. The average molecular weight is 618 g/mol. The maximum absolute atomic E-state index is 16.1. The van der Waals surface area contributed by atoms with Gasteiger partial charge in [-0.25, -0.2) is 13.8 Å². The number of fused-ring (bicyclic) bond motifs is 1. The first-order chi connectivity index (χ1) is 20.9. The van der Waals surface area contributed by atoms with Gasteiger partial charge >= 0.3 is 0 Å². The molecule has 0 bridgehead atoms. The van der Waals surface area contributed by atoms with Crippen molar-refractivity contribution in [3.05, 3.63) is 86.9 Å². The van der Waals surface area contributed by atoms with Crippen molar-refractivity contribution in [1.82, 2.24) is 19.4 Å². The van der Waals surface area contributed by atoms with Crippen LogP contribution in [-0.2, 0) is 4.79 Å². The molecule has 3 aromatic heterocycles. The molecule has 9 nitrogen and oxygen atoms in total. The molecule has 1 atom stereocenters. The third kappa shape index (κ3) is 4.95. The number of hydrogen-bond acceptors (Lipinski definition) is 7. The minimum absolute atomic E-state index is 0.0195.